The van der Waals surface area contributed by atoms with Gasteiger partial charge in [0.05, 0.1) is 12.7 Å². The number of likely N-dealkylation sites (tertiary alicyclic amines) is 1. The highest BCUT2D eigenvalue weighted by Gasteiger charge is 2.35. The highest BCUT2D eigenvalue weighted by atomic mass is 19.2. The molecule has 0 saturated carbocycles. The first-order valence-electron chi connectivity index (χ1n) is 8.56. The molecule has 0 bridgehead atoms. The van der Waals surface area contributed by atoms with Gasteiger partial charge in [-0.25, -0.2) is 18.3 Å². The molecule has 3 amide bonds. The van der Waals surface area contributed by atoms with Crippen molar-refractivity contribution >= 4 is 17.6 Å². The van der Waals surface area contributed by atoms with Gasteiger partial charge < -0.3 is 15.5 Å². The summed E-state index contributed by atoms with van der Waals surface area (Å²) in [5.41, 5.74) is 0.603. The third kappa shape index (κ3) is 4.21. The molecule has 0 radical (unpaired) electrons. The number of aromatic nitrogens is 3. The van der Waals surface area contributed by atoms with Crippen molar-refractivity contribution in [2.24, 2.45) is 0 Å². The minimum atomic E-state index is -1.05. The van der Waals surface area contributed by atoms with Crippen LogP contribution in [0.25, 0.3) is 0 Å². The fraction of sp³-hybridized carbons (Fsp3) is 0.412. The summed E-state index contributed by atoms with van der Waals surface area (Å²) in [6, 6.07) is 2.21. The number of hydrogen-bond donors (Lipinski definition) is 2. The summed E-state index contributed by atoms with van der Waals surface area (Å²) in [6.07, 6.45) is 2.27. The summed E-state index contributed by atoms with van der Waals surface area (Å²) in [6.45, 7) is 4.67. The van der Waals surface area contributed by atoms with Gasteiger partial charge in [0.25, 0.3) is 0 Å². The van der Waals surface area contributed by atoms with Gasteiger partial charge in [-0.1, -0.05) is 5.21 Å². The van der Waals surface area contributed by atoms with E-state index >= 15 is 0 Å². The number of anilines is 1. The van der Waals surface area contributed by atoms with Crippen molar-refractivity contribution in [1.29, 1.82) is 0 Å². The van der Waals surface area contributed by atoms with Crippen molar-refractivity contribution in [3.05, 3.63) is 41.7 Å². The Morgan fingerprint density at radius 1 is 1.33 bits per heavy atom. The number of amides is 3. The lowest BCUT2D eigenvalue weighted by molar-refractivity contribution is -0.132. The third-order valence-electron chi connectivity index (χ3n) is 4.32. The molecule has 144 valence electrons. The average molecular weight is 378 g/mol. The Balaban J connectivity index is 1.54. The van der Waals surface area contributed by atoms with Gasteiger partial charge in [0.1, 0.15) is 11.7 Å². The molecule has 1 aliphatic heterocycles. The molecule has 1 aliphatic rings. The van der Waals surface area contributed by atoms with Crippen LogP contribution in [0.3, 0.4) is 0 Å². The molecule has 3 rings (SSSR count). The number of hydrogen-bond acceptors (Lipinski definition) is 4. The van der Waals surface area contributed by atoms with Crippen LogP contribution in [0.15, 0.2) is 24.4 Å². The Morgan fingerprint density at radius 2 is 2.11 bits per heavy atom. The van der Waals surface area contributed by atoms with Crippen molar-refractivity contribution in [1.82, 2.24) is 25.2 Å². The Bertz CT molecular complexity index is 854. The topological polar surface area (TPSA) is 92.2 Å². The van der Waals surface area contributed by atoms with Gasteiger partial charge in [-0.05, 0) is 32.4 Å². The van der Waals surface area contributed by atoms with Gasteiger partial charge in [0.15, 0.2) is 11.6 Å². The number of nitrogens with zero attached hydrogens (tertiary/aromatic N) is 4. The predicted molar refractivity (Wildman–Crippen MR) is 92.7 cm³/mol. The first-order chi connectivity index (χ1) is 12.8. The Hall–Kier alpha value is -3.04. The van der Waals surface area contributed by atoms with Crippen LogP contribution in [0.1, 0.15) is 32.0 Å². The molecule has 1 aromatic carbocycles. The predicted octanol–water partition coefficient (Wildman–Crippen LogP) is 2.06. The van der Waals surface area contributed by atoms with Gasteiger partial charge in [-0.15, -0.1) is 5.10 Å². The molecule has 0 spiro atoms. The van der Waals surface area contributed by atoms with E-state index in [1.54, 1.807) is 11.1 Å². The lowest BCUT2D eigenvalue weighted by atomic mass is 10.2. The molecule has 2 heterocycles. The fourth-order valence-electron chi connectivity index (χ4n) is 2.91. The van der Waals surface area contributed by atoms with Crippen LogP contribution in [-0.4, -0.2) is 44.4 Å². The standard InChI is InChI=1S/C17H20F2N6O2/c1-10(2)24-6-5-15(16(24)26)25-9-12(22-23-25)8-20-17(27)21-11-3-4-13(18)14(19)7-11/h3-4,7,9-10,15H,5-6,8H2,1-2H3,(H2,20,21,27). The smallest absolute Gasteiger partial charge is 0.319 e. The van der Waals surface area contributed by atoms with Gasteiger partial charge in [-0.2, -0.15) is 0 Å². The van der Waals surface area contributed by atoms with Gasteiger partial charge in [0, 0.05) is 24.3 Å². The number of carbonyl (C=O) groups is 2. The maximum absolute atomic E-state index is 13.1. The van der Waals surface area contributed by atoms with Crippen LogP contribution >= 0.6 is 0 Å². The van der Waals surface area contributed by atoms with E-state index in [1.807, 2.05) is 13.8 Å². The molecular weight excluding hydrogens is 358 g/mol. The van der Waals surface area contributed by atoms with E-state index in [4.69, 9.17) is 0 Å². The molecular formula is C17H20F2N6O2. The Kier molecular flexibility index (Phi) is 5.33. The van der Waals surface area contributed by atoms with E-state index in [1.165, 1.54) is 10.7 Å². The lowest BCUT2D eigenvalue weighted by Gasteiger charge is -2.20. The number of benzene rings is 1. The molecule has 8 nitrogen and oxygen atoms in total. The molecule has 1 fully saturated rings. The zero-order chi connectivity index (χ0) is 19.6. The summed E-state index contributed by atoms with van der Waals surface area (Å²) in [5, 5.41) is 12.9. The minimum absolute atomic E-state index is 0.00508. The number of urea groups is 1. The molecule has 0 aliphatic carbocycles. The molecule has 2 N–H and O–H groups in total. The largest absolute Gasteiger partial charge is 0.338 e. The van der Waals surface area contributed by atoms with Crippen LogP contribution < -0.4 is 10.6 Å². The summed E-state index contributed by atoms with van der Waals surface area (Å²) < 4.78 is 27.5. The maximum Gasteiger partial charge on any atom is 0.319 e. The number of halogens is 2. The highest BCUT2D eigenvalue weighted by molar-refractivity contribution is 5.89. The molecule has 1 atom stereocenters. The molecule has 2 aromatic rings. The Morgan fingerprint density at radius 3 is 2.78 bits per heavy atom. The summed E-state index contributed by atoms with van der Waals surface area (Å²) >= 11 is 0. The van der Waals surface area contributed by atoms with Crippen molar-refractivity contribution < 1.29 is 18.4 Å². The van der Waals surface area contributed by atoms with Crippen molar-refractivity contribution in [2.45, 2.75) is 38.9 Å². The van der Waals surface area contributed by atoms with Crippen LogP contribution in [0.2, 0.25) is 0 Å². The van der Waals surface area contributed by atoms with E-state index in [0.717, 1.165) is 12.1 Å². The quantitative estimate of drug-likeness (QED) is 0.833. The minimum Gasteiger partial charge on any atom is -0.338 e. The van der Waals surface area contributed by atoms with Crippen LogP contribution in [0.5, 0.6) is 0 Å². The number of nitrogens with one attached hydrogen (secondary N) is 2. The van der Waals surface area contributed by atoms with Gasteiger partial charge in [0.2, 0.25) is 5.91 Å². The lowest BCUT2D eigenvalue weighted by Crippen LogP contribution is -2.34. The molecule has 27 heavy (non-hydrogen) atoms. The molecule has 1 aromatic heterocycles. The van der Waals surface area contributed by atoms with E-state index in [9.17, 15) is 18.4 Å². The van der Waals surface area contributed by atoms with E-state index in [0.29, 0.717) is 18.7 Å². The maximum atomic E-state index is 13.1. The second kappa shape index (κ2) is 7.68. The van der Waals surface area contributed by atoms with E-state index in [2.05, 4.69) is 20.9 Å². The Labute approximate surface area is 154 Å². The average Bonchev–Trinajstić information content (AvgIpc) is 3.22. The van der Waals surface area contributed by atoms with Crippen molar-refractivity contribution in [3.63, 3.8) is 0 Å². The fourth-order valence-corrected chi connectivity index (χ4v) is 2.91. The van der Waals surface area contributed by atoms with Crippen LogP contribution in [-0.2, 0) is 11.3 Å². The second-order valence-corrected chi connectivity index (χ2v) is 6.56. The second-order valence-electron chi connectivity index (χ2n) is 6.56. The summed E-state index contributed by atoms with van der Waals surface area (Å²) in [7, 11) is 0. The zero-order valence-corrected chi connectivity index (χ0v) is 14.9. The summed E-state index contributed by atoms with van der Waals surface area (Å²) in [4.78, 5) is 26.0. The monoisotopic (exact) mass is 378 g/mol. The van der Waals surface area contributed by atoms with E-state index < -0.39 is 17.7 Å². The molecule has 10 heteroatoms. The highest BCUT2D eigenvalue weighted by Crippen LogP contribution is 2.24. The normalized spacial score (nSPS) is 16.9. The third-order valence-corrected chi connectivity index (χ3v) is 4.32. The summed E-state index contributed by atoms with van der Waals surface area (Å²) in [5.74, 6) is -2.03. The van der Waals surface area contributed by atoms with Crippen LogP contribution in [0, 0.1) is 11.6 Å². The first-order valence-corrected chi connectivity index (χ1v) is 8.56. The van der Waals surface area contributed by atoms with Crippen LogP contribution in [0.4, 0.5) is 19.3 Å². The zero-order valence-electron chi connectivity index (χ0n) is 14.9. The number of rotatable bonds is 5. The van der Waals surface area contributed by atoms with Crippen molar-refractivity contribution in [3.8, 4) is 0 Å². The first kappa shape index (κ1) is 18.7. The number of carbonyl (C=O) groups excluding carboxylic acids is 2. The SMILES string of the molecule is CC(C)N1CCC(n2cc(CNC(=O)Nc3ccc(F)c(F)c3)nn2)C1=O. The van der Waals surface area contributed by atoms with Crippen molar-refractivity contribution in [2.75, 3.05) is 11.9 Å². The van der Waals surface area contributed by atoms with Gasteiger partial charge >= 0.3 is 6.03 Å². The molecule has 1 saturated heterocycles. The van der Waals surface area contributed by atoms with Gasteiger partial charge in [-0.3, -0.25) is 4.79 Å². The molecule has 1 unspecified atom stereocenters. The van der Waals surface area contributed by atoms with E-state index in [-0.39, 0.29) is 30.2 Å².